The van der Waals surface area contributed by atoms with E-state index in [-0.39, 0.29) is 24.1 Å². The predicted octanol–water partition coefficient (Wildman–Crippen LogP) is 0.302. The molecular weight excluding hydrogens is 310 g/mol. The van der Waals surface area contributed by atoms with Gasteiger partial charge in [0.15, 0.2) is 0 Å². The van der Waals surface area contributed by atoms with Crippen LogP contribution < -0.4 is 15.5 Å². The fourth-order valence-electron chi connectivity index (χ4n) is 2.43. The molecule has 1 amide bonds. The summed E-state index contributed by atoms with van der Waals surface area (Å²) in [6.45, 7) is 0. The molecule has 1 N–H and O–H groups in total. The Morgan fingerprint density at radius 3 is 2.12 bits per heavy atom. The number of anilines is 1. The lowest BCUT2D eigenvalue weighted by Gasteiger charge is -2.18. The molecule has 0 saturated heterocycles. The van der Waals surface area contributed by atoms with Gasteiger partial charge in [0.25, 0.3) is 0 Å². The van der Waals surface area contributed by atoms with Gasteiger partial charge in [0, 0.05) is 23.6 Å². The monoisotopic (exact) mass is 325 g/mol. The summed E-state index contributed by atoms with van der Waals surface area (Å²) in [4.78, 5) is 34.2. The third kappa shape index (κ3) is 4.67. The Morgan fingerprint density at radius 2 is 1.50 bits per heavy atom. The SMILES string of the molecule is O=C([O-])C[C@H](CC(=O)Nc1ccccc1C(=O)[O-])c1ccccc1. The minimum atomic E-state index is -1.40. The van der Waals surface area contributed by atoms with Crippen LogP contribution in [0.15, 0.2) is 54.6 Å². The molecule has 0 aliphatic carbocycles. The van der Waals surface area contributed by atoms with Gasteiger partial charge in [-0.15, -0.1) is 0 Å². The number of carboxylic acid groups (broad SMARTS) is 2. The Morgan fingerprint density at radius 1 is 0.875 bits per heavy atom. The van der Waals surface area contributed by atoms with Gasteiger partial charge in [0.2, 0.25) is 5.91 Å². The summed E-state index contributed by atoms with van der Waals surface area (Å²) in [6, 6.07) is 14.6. The number of carbonyl (C=O) groups is 3. The summed E-state index contributed by atoms with van der Waals surface area (Å²) >= 11 is 0. The van der Waals surface area contributed by atoms with Gasteiger partial charge in [-0.3, -0.25) is 4.79 Å². The summed E-state index contributed by atoms with van der Waals surface area (Å²) in [5.74, 6) is -3.71. The topological polar surface area (TPSA) is 109 Å². The second-order valence-corrected chi connectivity index (χ2v) is 5.27. The van der Waals surface area contributed by atoms with E-state index < -0.39 is 23.8 Å². The molecule has 1 atom stereocenters. The molecule has 0 saturated carbocycles. The minimum absolute atomic E-state index is 0.112. The summed E-state index contributed by atoms with van der Waals surface area (Å²) in [5.41, 5.74) is 0.676. The second-order valence-electron chi connectivity index (χ2n) is 5.27. The molecule has 2 aromatic carbocycles. The summed E-state index contributed by atoms with van der Waals surface area (Å²) in [7, 11) is 0. The normalized spacial score (nSPS) is 11.5. The molecular formula is C18H15NO5-2. The van der Waals surface area contributed by atoms with Gasteiger partial charge in [-0.1, -0.05) is 48.5 Å². The Labute approximate surface area is 138 Å². The zero-order chi connectivity index (χ0) is 17.5. The van der Waals surface area contributed by atoms with Crippen molar-refractivity contribution in [1.29, 1.82) is 0 Å². The Hall–Kier alpha value is -3.15. The van der Waals surface area contributed by atoms with Crippen LogP contribution in [0.1, 0.15) is 34.7 Å². The number of benzene rings is 2. The highest BCUT2D eigenvalue weighted by Gasteiger charge is 2.17. The maximum Gasteiger partial charge on any atom is 0.225 e. The quantitative estimate of drug-likeness (QED) is 0.787. The van der Waals surface area contributed by atoms with Gasteiger partial charge in [0.1, 0.15) is 0 Å². The lowest BCUT2D eigenvalue weighted by atomic mass is 9.92. The van der Waals surface area contributed by atoms with Gasteiger partial charge in [-0.25, -0.2) is 0 Å². The molecule has 0 aromatic heterocycles. The van der Waals surface area contributed by atoms with Crippen LogP contribution in [0.25, 0.3) is 0 Å². The molecule has 0 unspecified atom stereocenters. The van der Waals surface area contributed by atoms with Crippen LogP contribution in [0.5, 0.6) is 0 Å². The van der Waals surface area contributed by atoms with Crippen molar-refractivity contribution in [2.24, 2.45) is 0 Å². The first-order valence-corrected chi connectivity index (χ1v) is 7.32. The van der Waals surface area contributed by atoms with Crippen LogP contribution in [0.2, 0.25) is 0 Å². The smallest absolute Gasteiger partial charge is 0.225 e. The van der Waals surface area contributed by atoms with Crippen molar-refractivity contribution in [2.45, 2.75) is 18.8 Å². The van der Waals surface area contributed by atoms with Gasteiger partial charge in [-0.05, 0) is 24.0 Å². The molecule has 0 aliphatic rings. The highest BCUT2D eigenvalue weighted by atomic mass is 16.4. The first kappa shape index (κ1) is 17.2. The van der Waals surface area contributed by atoms with Gasteiger partial charge in [-0.2, -0.15) is 0 Å². The number of amides is 1. The molecule has 6 heteroatoms. The standard InChI is InChI=1S/C18H17NO5/c20-16(19-15-9-5-4-8-14(15)18(23)24)10-13(11-17(21)22)12-6-2-1-3-7-12/h1-9,13H,10-11H2,(H,19,20)(H,21,22)(H,23,24)/p-2/t13-/m0/s1. The van der Waals surface area contributed by atoms with E-state index in [9.17, 15) is 24.6 Å². The molecule has 0 heterocycles. The number of hydrogen-bond donors (Lipinski definition) is 1. The third-order valence-electron chi connectivity index (χ3n) is 3.54. The van der Waals surface area contributed by atoms with Crippen LogP contribution >= 0.6 is 0 Å². The number of rotatable bonds is 7. The largest absolute Gasteiger partial charge is 0.550 e. The van der Waals surface area contributed by atoms with Crippen LogP contribution in [-0.4, -0.2) is 17.8 Å². The number of para-hydroxylation sites is 1. The zero-order valence-electron chi connectivity index (χ0n) is 12.7. The van der Waals surface area contributed by atoms with E-state index in [2.05, 4.69) is 5.32 Å². The zero-order valence-corrected chi connectivity index (χ0v) is 12.7. The van der Waals surface area contributed by atoms with E-state index in [4.69, 9.17) is 0 Å². The van der Waals surface area contributed by atoms with Crippen molar-refractivity contribution in [3.63, 3.8) is 0 Å². The first-order valence-electron chi connectivity index (χ1n) is 7.32. The second kappa shape index (κ2) is 7.92. The van der Waals surface area contributed by atoms with Crippen molar-refractivity contribution in [2.75, 3.05) is 5.32 Å². The molecule has 0 spiro atoms. The summed E-state index contributed by atoms with van der Waals surface area (Å²) < 4.78 is 0. The first-order chi connectivity index (χ1) is 11.5. The van der Waals surface area contributed by atoms with Crippen LogP contribution in [-0.2, 0) is 9.59 Å². The fourth-order valence-corrected chi connectivity index (χ4v) is 2.43. The fraction of sp³-hybridized carbons (Fsp3) is 0.167. The molecule has 0 radical (unpaired) electrons. The highest BCUT2D eigenvalue weighted by molar-refractivity contribution is 6.00. The average Bonchev–Trinajstić information content (AvgIpc) is 2.55. The number of hydrogen-bond acceptors (Lipinski definition) is 5. The third-order valence-corrected chi connectivity index (χ3v) is 3.54. The molecule has 2 aromatic rings. The minimum Gasteiger partial charge on any atom is -0.550 e. The van der Waals surface area contributed by atoms with Gasteiger partial charge >= 0.3 is 0 Å². The molecule has 124 valence electrons. The Bertz CT molecular complexity index is 742. The van der Waals surface area contributed by atoms with Crippen molar-refractivity contribution in [1.82, 2.24) is 0 Å². The summed E-state index contributed by atoms with van der Waals surface area (Å²) in [6.07, 6.45) is -0.418. The Balaban J connectivity index is 2.14. The number of aliphatic carboxylic acids is 1. The molecule has 0 aliphatic heterocycles. The van der Waals surface area contributed by atoms with E-state index in [0.29, 0.717) is 5.56 Å². The van der Waals surface area contributed by atoms with Crippen molar-refractivity contribution in [3.8, 4) is 0 Å². The average molecular weight is 325 g/mol. The summed E-state index contributed by atoms with van der Waals surface area (Å²) in [5, 5.41) is 24.5. The van der Waals surface area contributed by atoms with E-state index >= 15 is 0 Å². The van der Waals surface area contributed by atoms with Crippen molar-refractivity contribution < 1.29 is 24.6 Å². The number of carbonyl (C=O) groups excluding carboxylic acids is 3. The van der Waals surface area contributed by atoms with E-state index in [0.717, 1.165) is 0 Å². The predicted molar refractivity (Wildman–Crippen MR) is 82.8 cm³/mol. The lowest BCUT2D eigenvalue weighted by Crippen LogP contribution is -2.27. The van der Waals surface area contributed by atoms with E-state index in [1.807, 2.05) is 0 Å². The maximum absolute atomic E-state index is 12.2. The number of carboxylic acids is 2. The van der Waals surface area contributed by atoms with Crippen molar-refractivity contribution >= 4 is 23.5 Å². The molecule has 6 nitrogen and oxygen atoms in total. The molecule has 24 heavy (non-hydrogen) atoms. The van der Waals surface area contributed by atoms with E-state index in [1.165, 1.54) is 18.2 Å². The Kier molecular flexibility index (Phi) is 5.68. The van der Waals surface area contributed by atoms with Crippen LogP contribution in [0.4, 0.5) is 5.69 Å². The van der Waals surface area contributed by atoms with Gasteiger partial charge in [0.05, 0.1) is 5.97 Å². The maximum atomic E-state index is 12.2. The molecule has 0 fully saturated rings. The number of aromatic carboxylic acids is 1. The van der Waals surface area contributed by atoms with Crippen LogP contribution in [0.3, 0.4) is 0 Å². The highest BCUT2D eigenvalue weighted by Crippen LogP contribution is 2.24. The van der Waals surface area contributed by atoms with Crippen LogP contribution in [0, 0.1) is 0 Å². The molecule has 2 rings (SSSR count). The van der Waals surface area contributed by atoms with Crippen molar-refractivity contribution in [3.05, 3.63) is 65.7 Å². The lowest BCUT2D eigenvalue weighted by molar-refractivity contribution is -0.306. The number of nitrogens with one attached hydrogen (secondary N) is 1. The van der Waals surface area contributed by atoms with Gasteiger partial charge < -0.3 is 25.1 Å². The van der Waals surface area contributed by atoms with E-state index in [1.54, 1.807) is 36.4 Å². The molecule has 0 bridgehead atoms.